The number of aromatic nitrogens is 2. The summed E-state index contributed by atoms with van der Waals surface area (Å²) in [5.74, 6) is -3.86. The smallest absolute Gasteiger partial charge is 0.410 e. The first-order chi connectivity index (χ1) is 30.8. The van der Waals surface area contributed by atoms with Crippen LogP contribution in [0, 0.1) is 23.7 Å². The molecule has 3 fully saturated rings. The van der Waals surface area contributed by atoms with Gasteiger partial charge in [-0.2, -0.15) is 0 Å². The number of unbranched alkanes of at least 4 members (excludes halogenated alkanes) is 2. The van der Waals surface area contributed by atoms with E-state index in [9.17, 15) is 24.3 Å². The summed E-state index contributed by atoms with van der Waals surface area (Å²) in [4.78, 5) is 69.7. The van der Waals surface area contributed by atoms with E-state index in [0.29, 0.717) is 38.0 Å². The molecule has 2 N–H and O–H groups in total. The van der Waals surface area contributed by atoms with Crippen molar-refractivity contribution in [2.75, 3.05) is 39.6 Å². The number of carbonyl (C=O) groups is 4. The third kappa shape index (κ3) is 12.4. The maximum Gasteiger partial charge on any atom is 0.410 e. The number of rotatable bonds is 16. The molecule has 0 bridgehead atoms. The van der Waals surface area contributed by atoms with Crippen LogP contribution in [0.15, 0.2) is 48.8 Å². The molecule has 2 aromatic rings. The largest absolute Gasteiger partial charge is 0.461 e. The summed E-state index contributed by atoms with van der Waals surface area (Å²) in [6.45, 7) is 15.5. The van der Waals surface area contributed by atoms with Crippen LogP contribution in [0.1, 0.15) is 106 Å². The van der Waals surface area contributed by atoms with E-state index in [1.54, 1.807) is 37.2 Å². The number of hydrogen-bond donors (Lipinski definition) is 2. The Morgan fingerprint density at radius 1 is 0.985 bits per heavy atom. The summed E-state index contributed by atoms with van der Waals surface area (Å²) in [5.41, 5.74) is -1.99. The van der Waals surface area contributed by atoms with E-state index in [1.165, 1.54) is 7.11 Å². The summed E-state index contributed by atoms with van der Waals surface area (Å²) in [5, 5.41) is 15.0. The van der Waals surface area contributed by atoms with Gasteiger partial charge in [-0.3, -0.25) is 19.4 Å². The third-order valence-electron chi connectivity index (χ3n) is 14.0. The number of aryl methyl sites for hydroxylation is 1. The first-order valence-electron chi connectivity index (χ1n) is 23.5. The van der Waals surface area contributed by atoms with Gasteiger partial charge in [0.1, 0.15) is 29.9 Å². The lowest BCUT2D eigenvalue weighted by Crippen LogP contribution is -2.61. The molecule has 3 aliphatic heterocycles. The standard InChI is InChI=1S/C49H75N5O11/c1-12-37-49(8)43(54(47(59)65-49)27-19-13-16-25-51-38-21-15-18-26-52-38)32(4)40(56)30(2)29-48(7,60-11)44(64-46-41(57)36(53(9)10)28-31(3)61-46)33(5)42(34(6)45(58)62-37)63-39(55)23-22-35-20-14-17-24-50-35/h14-15,17-18,20-21,24,26,30-34,36-37,41-44,46,57H,12-13,16,19,22-23,25,27-29H2,1-11H3,(H,51,52)/t30-,31-,32+,33-,34-,36+,37-,41-,42-,43+,44-,46?,48-,49-/m1/s1. The average molecular weight is 910 g/mol. The number of likely N-dealkylation sites (N-methyl/N-ethyl adjacent to an activating group) is 1. The lowest BCUT2D eigenvalue weighted by atomic mass is 9.73. The van der Waals surface area contributed by atoms with E-state index in [-0.39, 0.29) is 37.2 Å². The number of methoxy groups -OCH3 is 1. The molecule has 5 heterocycles. The number of carbonyl (C=O) groups excluding carboxylic acids is 4. The van der Waals surface area contributed by atoms with Crippen molar-refractivity contribution >= 4 is 29.6 Å². The first kappa shape index (κ1) is 51.8. The molecule has 0 aliphatic carbocycles. The van der Waals surface area contributed by atoms with Crippen LogP contribution in [0.3, 0.4) is 0 Å². The number of amides is 1. The predicted octanol–water partition coefficient (Wildman–Crippen LogP) is 6.24. The van der Waals surface area contributed by atoms with Gasteiger partial charge in [0.05, 0.1) is 36.2 Å². The van der Waals surface area contributed by atoms with Crippen LogP contribution in [0.25, 0.3) is 0 Å². The quantitative estimate of drug-likeness (QED) is 0.109. The highest BCUT2D eigenvalue weighted by atomic mass is 16.7. The van der Waals surface area contributed by atoms with E-state index in [1.807, 2.05) is 90.9 Å². The predicted molar refractivity (Wildman–Crippen MR) is 244 cm³/mol. The fraction of sp³-hybridized carbons (Fsp3) is 0.714. The number of Topliss-reactive ketones (excluding diaryl/α,β-unsaturated/α-hetero) is 1. The van der Waals surface area contributed by atoms with Crippen LogP contribution in [-0.4, -0.2) is 143 Å². The monoisotopic (exact) mass is 910 g/mol. The van der Waals surface area contributed by atoms with Crippen LogP contribution in [0.2, 0.25) is 0 Å². The Kier molecular flexibility index (Phi) is 18.3. The van der Waals surface area contributed by atoms with Gasteiger partial charge < -0.3 is 48.6 Å². The van der Waals surface area contributed by atoms with Crippen LogP contribution < -0.4 is 5.32 Å². The Labute approximate surface area is 385 Å². The minimum atomic E-state index is -1.41. The maximum absolute atomic E-state index is 15.0. The Bertz CT molecular complexity index is 1860. The van der Waals surface area contributed by atoms with Crippen molar-refractivity contribution in [1.82, 2.24) is 19.8 Å². The summed E-state index contributed by atoms with van der Waals surface area (Å²) in [7, 11) is 5.30. The molecule has 1 unspecified atom stereocenters. The topological polar surface area (TPSA) is 188 Å². The molecule has 5 rings (SSSR count). The number of nitrogens with zero attached hydrogens (tertiary/aromatic N) is 4. The summed E-state index contributed by atoms with van der Waals surface area (Å²) >= 11 is 0. The summed E-state index contributed by atoms with van der Waals surface area (Å²) in [6.07, 6.45) is 0.697. The van der Waals surface area contributed by atoms with Crippen LogP contribution in [0.4, 0.5) is 10.6 Å². The van der Waals surface area contributed by atoms with Crippen LogP contribution in [-0.2, 0) is 49.2 Å². The molecule has 0 radical (unpaired) electrons. The minimum Gasteiger partial charge on any atom is -0.461 e. The zero-order valence-electron chi connectivity index (χ0n) is 40.4. The molecule has 65 heavy (non-hydrogen) atoms. The highest BCUT2D eigenvalue weighted by Gasteiger charge is 2.60. The zero-order chi connectivity index (χ0) is 47.6. The SMILES string of the molecule is CC[C@H]1OC(=O)[C@H](C)[C@H](OC(=O)CCc2ccccn2)[C@@H](C)[C@@H](OC2O[C@H](C)C[C@H](N(C)C)[C@H]2O)[C@](C)(OC)C[C@@H](C)C(=O)[C@H](C)[C@@H]2N(CCCCCNc3ccccn3)C(=O)O[C@@]21C. The molecular formula is C49H75N5O11. The van der Waals surface area contributed by atoms with Gasteiger partial charge in [-0.25, -0.2) is 9.78 Å². The molecule has 362 valence electrons. The Hall–Kier alpha value is -4.22. The van der Waals surface area contributed by atoms with Crippen molar-refractivity contribution < 1.29 is 52.7 Å². The highest BCUT2D eigenvalue weighted by molar-refractivity contribution is 5.85. The van der Waals surface area contributed by atoms with Crippen LogP contribution >= 0.6 is 0 Å². The van der Waals surface area contributed by atoms with Gasteiger partial charge in [-0.1, -0.05) is 39.8 Å². The summed E-state index contributed by atoms with van der Waals surface area (Å²) < 4.78 is 38.5. The summed E-state index contributed by atoms with van der Waals surface area (Å²) in [6, 6.07) is 10.1. The number of cyclic esters (lactones) is 1. The van der Waals surface area contributed by atoms with Crippen molar-refractivity contribution in [3.8, 4) is 0 Å². The van der Waals surface area contributed by atoms with E-state index in [4.69, 9.17) is 28.4 Å². The molecule has 16 nitrogen and oxygen atoms in total. The van der Waals surface area contributed by atoms with Gasteiger partial charge >= 0.3 is 18.0 Å². The zero-order valence-corrected chi connectivity index (χ0v) is 40.4. The number of ether oxygens (including phenoxy) is 6. The Morgan fingerprint density at radius 3 is 2.32 bits per heavy atom. The molecule has 3 saturated heterocycles. The fourth-order valence-corrected chi connectivity index (χ4v) is 10.3. The number of esters is 2. The van der Waals surface area contributed by atoms with Gasteiger partial charge in [0.15, 0.2) is 11.9 Å². The molecule has 0 spiro atoms. The molecule has 0 aromatic carbocycles. The van der Waals surface area contributed by atoms with E-state index < -0.39 is 89.7 Å². The minimum absolute atomic E-state index is 0.0190. The van der Waals surface area contributed by atoms with E-state index in [2.05, 4.69) is 15.3 Å². The number of hydrogen-bond acceptors (Lipinski definition) is 15. The molecule has 2 aromatic heterocycles. The van der Waals surface area contributed by atoms with Gasteiger partial charge in [-0.05, 0) is 105 Å². The lowest BCUT2D eigenvalue weighted by molar-refractivity contribution is -0.301. The number of aliphatic hydroxyl groups is 1. The number of aliphatic hydroxyl groups excluding tert-OH is 1. The first-order valence-corrected chi connectivity index (χ1v) is 23.5. The lowest BCUT2D eigenvalue weighted by Gasteiger charge is -2.48. The van der Waals surface area contributed by atoms with Crippen molar-refractivity contribution in [1.29, 1.82) is 0 Å². The molecule has 16 heteroatoms. The number of pyridine rings is 2. The molecule has 14 atom stereocenters. The van der Waals surface area contributed by atoms with Gasteiger partial charge in [0.2, 0.25) is 0 Å². The van der Waals surface area contributed by atoms with Crippen molar-refractivity contribution in [3.63, 3.8) is 0 Å². The number of ketones is 1. The number of fused-ring (bicyclic) bond motifs is 1. The third-order valence-corrected chi connectivity index (χ3v) is 14.0. The van der Waals surface area contributed by atoms with E-state index >= 15 is 0 Å². The average Bonchev–Trinajstić information content (AvgIpc) is 3.55. The maximum atomic E-state index is 15.0. The van der Waals surface area contributed by atoms with Crippen LogP contribution in [0.5, 0.6) is 0 Å². The number of anilines is 1. The second-order valence-electron chi connectivity index (χ2n) is 19.1. The van der Waals surface area contributed by atoms with Gasteiger partial charge in [0.25, 0.3) is 0 Å². The Morgan fingerprint density at radius 2 is 1.69 bits per heavy atom. The van der Waals surface area contributed by atoms with Crippen molar-refractivity contribution in [2.24, 2.45) is 23.7 Å². The van der Waals surface area contributed by atoms with Gasteiger partial charge in [0, 0.05) is 68.5 Å². The van der Waals surface area contributed by atoms with Crippen molar-refractivity contribution in [2.45, 2.75) is 167 Å². The molecule has 3 aliphatic rings. The van der Waals surface area contributed by atoms with Crippen molar-refractivity contribution in [3.05, 3.63) is 54.5 Å². The highest BCUT2D eigenvalue weighted by Crippen LogP contribution is 2.44. The van der Waals surface area contributed by atoms with E-state index in [0.717, 1.165) is 18.7 Å². The second-order valence-corrected chi connectivity index (χ2v) is 19.1. The molecule has 1 amide bonds. The number of nitrogens with one attached hydrogen (secondary N) is 1. The van der Waals surface area contributed by atoms with Gasteiger partial charge in [-0.15, -0.1) is 0 Å². The normalized spacial score (nSPS) is 34.9. The second kappa shape index (κ2) is 23.0. The fourth-order valence-electron chi connectivity index (χ4n) is 10.3. The molecular weight excluding hydrogens is 835 g/mol. The molecule has 0 saturated carbocycles. The Balaban J connectivity index is 1.51.